The molecule has 1 aromatic carbocycles. The lowest BCUT2D eigenvalue weighted by atomic mass is 9.92. The Kier molecular flexibility index (Phi) is 5.64. The predicted octanol–water partition coefficient (Wildman–Crippen LogP) is 2.31. The van der Waals surface area contributed by atoms with E-state index in [2.05, 4.69) is 18.5 Å². The maximum atomic E-state index is 12.8. The zero-order chi connectivity index (χ0) is 18.6. The first-order chi connectivity index (χ1) is 11.8. The van der Waals surface area contributed by atoms with E-state index in [0.29, 0.717) is 23.7 Å². The van der Waals surface area contributed by atoms with Gasteiger partial charge in [-0.3, -0.25) is 14.5 Å². The van der Waals surface area contributed by atoms with Gasteiger partial charge in [-0.25, -0.2) is 4.79 Å². The van der Waals surface area contributed by atoms with E-state index in [9.17, 15) is 14.4 Å². The van der Waals surface area contributed by atoms with Gasteiger partial charge in [0.05, 0.1) is 0 Å². The minimum atomic E-state index is -1.23. The number of benzene rings is 1. The van der Waals surface area contributed by atoms with Gasteiger partial charge < -0.3 is 10.2 Å². The topological polar surface area (TPSA) is 69.7 Å². The molecule has 1 unspecified atom stereocenters. The van der Waals surface area contributed by atoms with Crippen LogP contribution in [0.2, 0.25) is 5.02 Å². The number of nitrogens with zero attached hydrogens (tertiary/aromatic N) is 2. The summed E-state index contributed by atoms with van der Waals surface area (Å²) in [5.41, 5.74) is -0.636. The highest BCUT2D eigenvalue weighted by Gasteiger charge is 2.49. The van der Waals surface area contributed by atoms with Crippen molar-refractivity contribution >= 4 is 29.4 Å². The van der Waals surface area contributed by atoms with Gasteiger partial charge in [0.1, 0.15) is 12.1 Å². The van der Waals surface area contributed by atoms with Gasteiger partial charge in [0, 0.05) is 18.1 Å². The summed E-state index contributed by atoms with van der Waals surface area (Å²) in [6.45, 7) is 9.08. The SMILES string of the molecule is C=CCN(CC=C)C(=O)CN1C(=O)NC(C)(c2ccc(Cl)cc2)C1=O. The van der Waals surface area contributed by atoms with Crippen molar-refractivity contribution in [3.05, 3.63) is 60.2 Å². The lowest BCUT2D eigenvalue weighted by molar-refractivity contribution is -0.138. The van der Waals surface area contributed by atoms with Gasteiger partial charge in [0.15, 0.2) is 0 Å². The van der Waals surface area contributed by atoms with E-state index < -0.39 is 17.5 Å². The van der Waals surface area contributed by atoms with Crippen molar-refractivity contribution in [2.24, 2.45) is 0 Å². The average Bonchev–Trinajstić information content (AvgIpc) is 2.79. The number of halogens is 1. The van der Waals surface area contributed by atoms with Crippen LogP contribution in [0.25, 0.3) is 0 Å². The van der Waals surface area contributed by atoms with Crippen LogP contribution in [0, 0.1) is 0 Å². The third kappa shape index (κ3) is 3.74. The lowest BCUT2D eigenvalue weighted by Crippen LogP contribution is -2.44. The van der Waals surface area contributed by atoms with Gasteiger partial charge >= 0.3 is 6.03 Å². The molecule has 0 saturated carbocycles. The summed E-state index contributed by atoms with van der Waals surface area (Å²) in [4.78, 5) is 39.9. The van der Waals surface area contributed by atoms with E-state index in [1.165, 1.54) is 4.90 Å². The molecular weight excluding hydrogens is 342 g/mol. The van der Waals surface area contributed by atoms with Crippen LogP contribution in [0.15, 0.2) is 49.6 Å². The number of hydrogen-bond donors (Lipinski definition) is 1. The van der Waals surface area contributed by atoms with Gasteiger partial charge in [-0.2, -0.15) is 0 Å². The fourth-order valence-corrected chi connectivity index (χ4v) is 2.77. The largest absolute Gasteiger partial charge is 0.334 e. The minimum absolute atomic E-state index is 0.308. The summed E-state index contributed by atoms with van der Waals surface area (Å²) in [7, 11) is 0. The van der Waals surface area contributed by atoms with Crippen LogP contribution in [-0.4, -0.2) is 47.3 Å². The Morgan fingerprint density at radius 3 is 2.32 bits per heavy atom. The van der Waals surface area contributed by atoms with Crippen LogP contribution in [0.1, 0.15) is 12.5 Å². The second kappa shape index (κ2) is 7.53. The number of urea groups is 1. The minimum Gasteiger partial charge on any atom is -0.334 e. The molecule has 6 nitrogen and oxygen atoms in total. The quantitative estimate of drug-likeness (QED) is 0.598. The maximum absolute atomic E-state index is 12.8. The van der Waals surface area contributed by atoms with Gasteiger partial charge in [-0.05, 0) is 24.6 Å². The van der Waals surface area contributed by atoms with Crippen molar-refractivity contribution in [3.8, 4) is 0 Å². The Labute approximate surface area is 151 Å². The second-order valence-electron chi connectivity index (χ2n) is 5.83. The molecule has 25 heavy (non-hydrogen) atoms. The zero-order valence-electron chi connectivity index (χ0n) is 14.0. The number of nitrogens with one attached hydrogen (secondary N) is 1. The first-order valence-corrected chi connectivity index (χ1v) is 8.11. The van der Waals surface area contributed by atoms with Crippen LogP contribution in [0.4, 0.5) is 4.79 Å². The Hall–Kier alpha value is -2.60. The van der Waals surface area contributed by atoms with E-state index in [1.807, 2.05) is 0 Å². The molecule has 1 saturated heterocycles. The Bertz CT molecular complexity index is 707. The number of amides is 4. The summed E-state index contributed by atoms with van der Waals surface area (Å²) >= 11 is 5.87. The number of imide groups is 1. The normalized spacial score (nSPS) is 19.5. The molecule has 1 aliphatic rings. The monoisotopic (exact) mass is 361 g/mol. The van der Waals surface area contributed by atoms with E-state index in [4.69, 9.17) is 11.6 Å². The fraction of sp³-hybridized carbons (Fsp3) is 0.278. The summed E-state index contributed by atoms with van der Waals surface area (Å²) in [6, 6.07) is 6.03. The van der Waals surface area contributed by atoms with E-state index >= 15 is 0 Å². The Balaban J connectivity index is 2.20. The molecule has 2 rings (SSSR count). The number of carbonyl (C=O) groups excluding carboxylic acids is 3. The molecule has 1 N–H and O–H groups in total. The van der Waals surface area contributed by atoms with Crippen molar-refractivity contribution in [1.82, 2.24) is 15.1 Å². The molecule has 1 fully saturated rings. The van der Waals surface area contributed by atoms with Crippen LogP contribution in [-0.2, 0) is 15.1 Å². The molecule has 1 aromatic rings. The molecule has 0 aliphatic carbocycles. The number of rotatable bonds is 7. The van der Waals surface area contributed by atoms with Crippen LogP contribution < -0.4 is 5.32 Å². The number of hydrogen-bond acceptors (Lipinski definition) is 3. The van der Waals surface area contributed by atoms with Gasteiger partial charge in [0.2, 0.25) is 5.91 Å². The molecule has 0 aromatic heterocycles. The van der Waals surface area contributed by atoms with Crippen molar-refractivity contribution < 1.29 is 14.4 Å². The third-order valence-electron chi connectivity index (χ3n) is 4.04. The third-order valence-corrected chi connectivity index (χ3v) is 4.29. The predicted molar refractivity (Wildman–Crippen MR) is 96.0 cm³/mol. The fourth-order valence-electron chi connectivity index (χ4n) is 2.64. The van der Waals surface area contributed by atoms with E-state index in [1.54, 1.807) is 43.3 Å². The molecule has 1 aliphatic heterocycles. The summed E-state index contributed by atoms with van der Waals surface area (Å²) in [5.74, 6) is -0.839. The van der Waals surface area contributed by atoms with Crippen LogP contribution in [0.5, 0.6) is 0 Å². The van der Waals surface area contributed by atoms with Crippen molar-refractivity contribution in [1.29, 1.82) is 0 Å². The van der Waals surface area contributed by atoms with Crippen LogP contribution in [0.3, 0.4) is 0 Å². The highest BCUT2D eigenvalue weighted by Crippen LogP contribution is 2.29. The summed E-state index contributed by atoms with van der Waals surface area (Å²) in [6.07, 6.45) is 3.15. The van der Waals surface area contributed by atoms with Gasteiger partial charge in [-0.15, -0.1) is 13.2 Å². The molecule has 4 amide bonds. The second-order valence-corrected chi connectivity index (χ2v) is 6.27. The molecule has 0 spiro atoms. The van der Waals surface area contributed by atoms with Crippen molar-refractivity contribution in [2.45, 2.75) is 12.5 Å². The first-order valence-electron chi connectivity index (χ1n) is 7.73. The molecule has 132 valence electrons. The maximum Gasteiger partial charge on any atom is 0.325 e. The standard InChI is InChI=1S/C18H20ClN3O3/c1-4-10-21(11-5-2)15(23)12-22-16(24)18(3,20-17(22)25)13-6-8-14(19)9-7-13/h4-9H,1-2,10-12H2,3H3,(H,20,25). The number of carbonyl (C=O) groups is 3. The van der Waals surface area contributed by atoms with Gasteiger partial charge in [0.25, 0.3) is 5.91 Å². The molecule has 0 radical (unpaired) electrons. The van der Waals surface area contributed by atoms with E-state index in [0.717, 1.165) is 4.90 Å². The molecule has 7 heteroatoms. The van der Waals surface area contributed by atoms with Gasteiger partial charge in [-0.1, -0.05) is 35.9 Å². The molecular formula is C18H20ClN3O3. The summed E-state index contributed by atoms with van der Waals surface area (Å²) in [5, 5.41) is 3.19. The van der Waals surface area contributed by atoms with E-state index in [-0.39, 0.29) is 12.5 Å². The lowest BCUT2D eigenvalue weighted by Gasteiger charge is -2.24. The van der Waals surface area contributed by atoms with Crippen molar-refractivity contribution in [2.75, 3.05) is 19.6 Å². The first kappa shape index (κ1) is 18.7. The zero-order valence-corrected chi connectivity index (χ0v) is 14.8. The smallest absolute Gasteiger partial charge is 0.325 e. The molecule has 1 heterocycles. The Morgan fingerprint density at radius 2 is 1.80 bits per heavy atom. The van der Waals surface area contributed by atoms with Crippen LogP contribution >= 0.6 is 11.6 Å². The Morgan fingerprint density at radius 1 is 1.24 bits per heavy atom. The molecule has 0 bridgehead atoms. The highest BCUT2D eigenvalue weighted by molar-refractivity contribution is 6.30. The van der Waals surface area contributed by atoms with Crippen molar-refractivity contribution in [3.63, 3.8) is 0 Å². The average molecular weight is 362 g/mol. The summed E-state index contributed by atoms with van der Waals surface area (Å²) < 4.78 is 0. The molecule has 1 atom stereocenters. The highest BCUT2D eigenvalue weighted by atomic mass is 35.5.